The van der Waals surface area contributed by atoms with Gasteiger partial charge in [-0.3, -0.25) is 4.79 Å². The van der Waals surface area contributed by atoms with Crippen molar-refractivity contribution in [1.29, 1.82) is 0 Å². The second-order valence-electron chi connectivity index (χ2n) is 7.35. The molecule has 1 saturated heterocycles. The van der Waals surface area contributed by atoms with Crippen molar-refractivity contribution in [1.82, 2.24) is 15.3 Å². The Hall–Kier alpha value is -2.48. The minimum absolute atomic E-state index is 0.228. The fraction of sp³-hybridized carbons (Fsp3) is 0.273. The molecule has 2 N–H and O–H groups in total. The number of hydrogen-bond donors (Lipinski definition) is 2. The van der Waals surface area contributed by atoms with Gasteiger partial charge >= 0.3 is 0 Å². The molecule has 0 bridgehead atoms. The Morgan fingerprint density at radius 1 is 1.14 bits per heavy atom. The van der Waals surface area contributed by atoms with Crippen LogP contribution in [0.25, 0.3) is 22.1 Å². The number of fused-ring (bicyclic) bond motifs is 3. The van der Waals surface area contributed by atoms with E-state index >= 15 is 0 Å². The Kier molecular flexibility index (Phi) is 4.73. The first kappa shape index (κ1) is 18.5. The topological polar surface area (TPSA) is 80.2 Å². The first-order valence-electron chi connectivity index (χ1n) is 9.64. The number of furan rings is 1. The SMILES string of the molecule is O=c1[nH]c(CNC2(c3cccc(Br)c3)CCOCC2)nc2c1oc1ccccc12. The van der Waals surface area contributed by atoms with E-state index in [2.05, 4.69) is 38.4 Å². The molecule has 0 saturated carbocycles. The third-order valence-electron chi connectivity index (χ3n) is 5.60. The molecule has 148 valence electrons. The van der Waals surface area contributed by atoms with Crippen LogP contribution in [0.5, 0.6) is 0 Å². The van der Waals surface area contributed by atoms with Gasteiger partial charge in [0, 0.05) is 28.6 Å². The molecule has 5 rings (SSSR count). The number of halogens is 1. The van der Waals surface area contributed by atoms with E-state index in [1.807, 2.05) is 36.4 Å². The van der Waals surface area contributed by atoms with Crippen molar-refractivity contribution in [2.75, 3.05) is 13.2 Å². The average molecular weight is 454 g/mol. The molecular formula is C22H20BrN3O3. The second-order valence-corrected chi connectivity index (χ2v) is 8.26. The maximum Gasteiger partial charge on any atom is 0.294 e. The molecule has 6 nitrogen and oxygen atoms in total. The molecule has 1 fully saturated rings. The second kappa shape index (κ2) is 7.40. The van der Waals surface area contributed by atoms with Gasteiger partial charge in [-0.1, -0.05) is 40.2 Å². The van der Waals surface area contributed by atoms with E-state index in [-0.39, 0.29) is 16.7 Å². The lowest BCUT2D eigenvalue weighted by Crippen LogP contribution is -2.46. The molecule has 4 aromatic rings. The summed E-state index contributed by atoms with van der Waals surface area (Å²) in [6, 6.07) is 15.9. The van der Waals surface area contributed by atoms with Crippen LogP contribution in [-0.4, -0.2) is 23.2 Å². The molecule has 3 heterocycles. The normalized spacial score (nSPS) is 16.4. The van der Waals surface area contributed by atoms with Crippen molar-refractivity contribution >= 4 is 38.0 Å². The Balaban J connectivity index is 1.51. The van der Waals surface area contributed by atoms with Crippen molar-refractivity contribution in [3.05, 3.63) is 74.7 Å². The third-order valence-corrected chi connectivity index (χ3v) is 6.09. The minimum Gasteiger partial charge on any atom is -0.449 e. The number of ether oxygens (including phenoxy) is 1. The van der Waals surface area contributed by atoms with Gasteiger partial charge in [0.15, 0.2) is 0 Å². The summed E-state index contributed by atoms with van der Waals surface area (Å²) in [6.45, 7) is 1.82. The largest absolute Gasteiger partial charge is 0.449 e. The summed E-state index contributed by atoms with van der Waals surface area (Å²) in [7, 11) is 0. The number of hydrogen-bond acceptors (Lipinski definition) is 5. The molecule has 2 aromatic heterocycles. The van der Waals surface area contributed by atoms with Gasteiger partial charge in [-0.25, -0.2) is 4.98 Å². The van der Waals surface area contributed by atoms with Crippen molar-refractivity contribution in [3.8, 4) is 0 Å². The summed E-state index contributed by atoms with van der Waals surface area (Å²) in [6.07, 6.45) is 1.70. The Bertz CT molecular complexity index is 1240. The molecule has 0 amide bonds. The Morgan fingerprint density at radius 2 is 1.97 bits per heavy atom. The first-order valence-corrected chi connectivity index (χ1v) is 10.4. The van der Waals surface area contributed by atoms with Crippen molar-refractivity contribution in [3.63, 3.8) is 0 Å². The first-order chi connectivity index (χ1) is 14.1. The van der Waals surface area contributed by atoms with Gasteiger partial charge in [-0.2, -0.15) is 0 Å². The monoisotopic (exact) mass is 453 g/mol. The molecule has 0 aliphatic carbocycles. The molecule has 29 heavy (non-hydrogen) atoms. The third kappa shape index (κ3) is 3.39. The highest BCUT2D eigenvalue weighted by molar-refractivity contribution is 9.10. The molecule has 1 aliphatic rings. The lowest BCUT2D eigenvalue weighted by atomic mass is 9.82. The molecule has 1 aliphatic heterocycles. The van der Waals surface area contributed by atoms with Crippen LogP contribution in [0.2, 0.25) is 0 Å². The van der Waals surface area contributed by atoms with E-state index in [1.165, 1.54) is 5.56 Å². The highest BCUT2D eigenvalue weighted by atomic mass is 79.9. The highest BCUT2D eigenvalue weighted by Gasteiger charge is 2.34. The Morgan fingerprint density at radius 3 is 2.79 bits per heavy atom. The number of aromatic nitrogens is 2. The fourth-order valence-electron chi connectivity index (χ4n) is 4.06. The van der Waals surface area contributed by atoms with Crippen LogP contribution in [0.15, 0.2) is 62.2 Å². The van der Waals surface area contributed by atoms with Crippen LogP contribution in [0, 0.1) is 0 Å². The molecule has 0 radical (unpaired) electrons. The zero-order valence-electron chi connectivity index (χ0n) is 15.7. The van der Waals surface area contributed by atoms with Crippen LogP contribution in [0.4, 0.5) is 0 Å². The number of aromatic amines is 1. The zero-order chi connectivity index (χ0) is 19.8. The van der Waals surface area contributed by atoms with E-state index in [0.29, 0.717) is 36.7 Å². The highest BCUT2D eigenvalue weighted by Crippen LogP contribution is 2.34. The molecule has 7 heteroatoms. The summed E-state index contributed by atoms with van der Waals surface area (Å²) >= 11 is 3.57. The maximum absolute atomic E-state index is 12.6. The van der Waals surface area contributed by atoms with Crippen LogP contribution in [0.1, 0.15) is 24.2 Å². The quantitative estimate of drug-likeness (QED) is 0.483. The van der Waals surface area contributed by atoms with Crippen molar-refractivity contribution < 1.29 is 9.15 Å². The summed E-state index contributed by atoms with van der Waals surface area (Å²) in [5, 5.41) is 4.51. The van der Waals surface area contributed by atoms with E-state index in [1.54, 1.807) is 0 Å². The van der Waals surface area contributed by atoms with Gasteiger partial charge in [0.1, 0.15) is 16.9 Å². The molecular weight excluding hydrogens is 434 g/mol. The maximum atomic E-state index is 12.6. The van der Waals surface area contributed by atoms with Gasteiger partial charge in [0.05, 0.1) is 6.54 Å². The molecule has 0 atom stereocenters. The zero-order valence-corrected chi connectivity index (χ0v) is 17.3. The molecule has 0 unspecified atom stereocenters. The van der Waals surface area contributed by atoms with E-state index in [9.17, 15) is 4.79 Å². The summed E-state index contributed by atoms with van der Waals surface area (Å²) in [5.74, 6) is 0.593. The fourth-order valence-corrected chi connectivity index (χ4v) is 4.46. The number of nitrogens with zero attached hydrogens (tertiary/aromatic N) is 1. The predicted molar refractivity (Wildman–Crippen MR) is 115 cm³/mol. The number of rotatable bonds is 4. The van der Waals surface area contributed by atoms with Gasteiger partial charge in [0.2, 0.25) is 5.58 Å². The molecule has 2 aromatic carbocycles. The summed E-state index contributed by atoms with van der Waals surface area (Å²) in [5.41, 5.74) is 2.25. The van der Waals surface area contributed by atoms with Crippen LogP contribution < -0.4 is 10.9 Å². The summed E-state index contributed by atoms with van der Waals surface area (Å²) < 4.78 is 12.3. The van der Waals surface area contributed by atoms with Crippen LogP contribution in [-0.2, 0) is 16.8 Å². The van der Waals surface area contributed by atoms with Crippen molar-refractivity contribution in [2.45, 2.75) is 24.9 Å². The van der Waals surface area contributed by atoms with Gasteiger partial charge in [-0.05, 0) is 42.7 Å². The average Bonchev–Trinajstić information content (AvgIpc) is 3.12. The number of para-hydroxylation sites is 1. The predicted octanol–water partition coefficient (Wildman–Crippen LogP) is 4.23. The van der Waals surface area contributed by atoms with E-state index in [4.69, 9.17) is 14.1 Å². The minimum atomic E-state index is -0.258. The van der Waals surface area contributed by atoms with Gasteiger partial charge in [0.25, 0.3) is 5.56 Å². The van der Waals surface area contributed by atoms with E-state index in [0.717, 1.165) is 22.7 Å². The lowest BCUT2D eigenvalue weighted by molar-refractivity contribution is 0.0355. The van der Waals surface area contributed by atoms with Crippen LogP contribution in [0.3, 0.4) is 0 Å². The van der Waals surface area contributed by atoms with Gasteiger partial charge < -0.3 is 19.5 Å². The number of nitrogens with one attached hydrogen (secondary N) is 2. The summed E-state index contributed by atoms with van der Waals surface area (Å²) in [4.78, 5) is 20.1. The number of H-pyrrole nitrogens is 1. The number of benzene rings is 2. The Labute approximate surface area is 175 Å². The standard InChI is InChI=1S/C22H20BrN3O3/c23-15-5-3-4-14(12-15)22(8-10-28-11-9-22)24-13-18-25-19-16-6-1-2-7-17(16)29-20(19)21(27)26-18/h1-7,12,24H,8-11,13H2,(H,25,26,27). The van der Waals surface area contributed by atoms with Crippen LogP contribution >= 0.6 is 15.9 Å². The smallest absolute Gasteiger partial charge is 0.294 e. The molecule has 0 spiro atoms. The van der Waals surface area contributed by atoms with Crippen molar-refractivity contribution in [2.24, 2.45) is 0 Å². The lowest BCUT2D eigenvalue weighted by Gasteiger charge is -2.38. The van der Waals surface area contributed by atoms with Gasteiger partial charge in [-0.15, -0.1) is 0 Å². The van der Waals surface area contributed by atoms with E-state index < -0.39 is 0 Å².